The molecule has 1 aliphatic carbocycles. The predicted octanol–water partition coefficient (Wildman–Crippen LogP) is 5.38. The van der Waals surface area contributed by atoms with Crippen LogP contribution in [0.5, 0.6) is 11.6 Å². The third-order valence-electron chi connectivity index (χ3n) is 5.98. The lowest BCUT2D eigenvalue weighted by atomic mass is 9.96. The van der Waals surface area contributed by atoms with Gasteiger partial charge >= 0.3 is 0 Å². The molecule has 0 amide bonds. The van der Waals surface area contributed by atoms with E-state index in [9.17, 15) is 8.42 Å². The normalized spacial score (nSPS) is 14.6. The molecule has 0 atom stereocenters. The lowest BCUT2D eigenvalue weighted by molar-refractivity contribution is 0.383. The number of ether oxygens (including phenoxy) is 2. The fraction of sp³-hybridized carbons (Fsp3) is 0.417. The molecule has 1 aromatic carbocycles. The summed E-state index contributed by atoms with van der Waals surface area (Å²) in [6.07, 6.45) is 7.50. The number of aromatic nitrogens is 2. The molecule has 2 aromatic heterocycles. The van der Waals surface area contributed by atoms with Crippen molar-refractivity contribution in [1.82, 2.24) is 9.97 Å². The van der Waals surface area contributed by atoms with E-state index in [1.54, 1.807) is 24.3 Å². The second kappa shape index (κ2) is 10.2. The van der Waals surface area contributed by atoms with Crippen molar-refractivity contribution in [3.63, 3.8) is 0 Å². The number of pyridine rings is 1. The van der Waals surface area contributed by atoms with E-state index in [0.29, 0.717) is 23.2 Å². The van der Waals surface area contributed by atoms with Crippen LogP contribution in [0.4, 0.5) is 10.8 Å². The van der Waals surface area contributed by atoms with Crippen LogP contribution in [0.1, 0.15) is 43.4 Å². The molecule has 0 spiro atoms. The van der Waals surface area contributed by atoms with Gasteiger partial charge in [-0.05, 0) is 43.9 Å². The Morgan fingerprint density at radius 1 is 1.06 bits per heavy atom. The quantitative estimate of drug-likeness (QED) is 0.426. The molecule has 1 saturated carbocycles. The van der Waals surface area contributed by atoms with Gasteiger partial charge in [0.2, 0.25) is 5.88 Å². The van der Waals surface area contributed by atoms with Crippen LogP contribution in [0, 0.1) is 13.8 Å². The van der Waals surface area contributed by atoms with E-state index in [2.05, 4.69) is 15.0 Å². The zero-order chi connectivity index (χ0) is 24.3. The van der Waals surface area contributed by atoms with Crippen molar-refractivity contribution >= 4 is 32.2 Å². The van der Waals surface area contributed by atoms with E-state index >= 15 is 0 Å². The maximum Gasteiger partial charge on any atom is 0.262 e. The van der Waals surface area contributed by atoms with Gasteiger partial charge in [0.25, 0.3) is 10.0 Å². The van der Waals surface area contributed by atoms with Crippen LogP contribution < -0.4 is 19.5 Å². The van der Waals surface area contributed by atoms with Crippen molar-refractivity contribution in [3.8, 4) is 22.1 Å². The van der Waals surface area contributed by atoms with E-state index in [0.717, 1.165) is 34.1 Å². The molecular formula is C24H30N4O4S2. The molecule has 0 saturated heterocycles. The number of hydrogen-bond acceptors (Lipinski definition) is 8. The van der Waals surface area contributed by atoms with Crippen molar-refractivity contribution in [1.29, 1.82) is 0 Å². The maximum absolute atomic E-state index is 13.3. The van der Waals surface area contributed by atoms with Crippen LogP contribution in [0.15, 0.2) is 35.4 Å². The first kappa shape index (κ1) is 24.3. The van der Waals surface area contributed by atoms with Crippen molar-refractivity contribution in [2.24, 2.45) is 0 Å². The Bertz CT molecular complexity index is 1270. The number of rotatable bonds is 8. The Morgan fingerprint density at radius 3 is 2.53 bits per heavy atom. The summed E-state index contributed by atoms with van der Waals surface area (Å²) in [4.78, 5) is 9.95. The number of nitrogens with zero attached hydrogens (tertiary/aromatic N) is 2. The number of nitrogens with one attached hydrogen (secondary N) is 2. The SMILES string of the molecule is COc1cc(OC)c(NS(=O)(=O)c2cc(-c3sc(NC4CCCCC4)nc3C)ccc2C)cn1. The average molecular weight is 503 g/mol. The van der Waals surface area contributed by atoms with Gasteiger partial charge in [-0.25, -0.2) is 18.4 Å². The third kappa shape index (κ3) is 5.28. The summed E-state index contributed by atoms with van der Waals surface area (Å²) in [6.45, 7) is 3.73. The van der Waals surface area contributed by atoms with Crippen LogP contribution in [-0.2, 0) is 10.0 Å². The smallest absolute Gasteiger partial charge is 0.262 e. The van der Waals surface area contributed by atoms with Crippen molar-refractivity contribution in [2.75, 3.05) is 24.3 Å². The summed E-state index contributed by atoms with van der Waals surface area (Å²) in [7, 11) is -0.951. The fourth-order valence-corrected chi connectivity index (χ4v) is 6.52. The monoisotopic (exact) mass is 502 g/mol. The number of methoxy groups -OCH3 is 2. The van der Waals surface area contributed by atoms with Gasteiger partial charge in [-0.3, -0.25) is 4.72 Å². The molecule has 2 N–H and O–H groups in total. The summed E-state index contributed by atoms with van der Waals surface area (Å²) in [5, 5.41) is 4.45. The molecule has 182 valence electrons. The predicted molar refractivity (Wildman–Crippen MR) is 136 cm³/mol. The van der Waals surface area contributed by atoms with Gasteiger partial charge in [-0.1, -0.05) is 42.7 Å². The topological polar surface area (TPSA) is 102 Å². The third-order valence-corrected chi connectivity index (χ3v) is 8.63. The van der Waals surface area contributed by atoms with Crippen LogP contribution in [0.2, 0.25) is 0 Å². The minimum Gasteiger partial charge on any atom is -0.494 e. The molecule has 1 aliphatic rings. The van der Waals surface area contributed by atoms with Gasteiger partial charge in [0.1, 0.15) is 11.4 Å². The van der Waals surface area contributed by atoms with Gasteiger partial charge in [0.15, 0.2) is 5.13 Å². The van der Waals surface area contributed by atoms with E-state index in [4.69, 9.17) is 14.5 Å². The van der Waals surface area contributed by atoms with Crippen LogP contribution in [0.25, 0.3) is 10.4 Å². The van der Waals surface area contributed by atoms with Crippen LogP contribution in [0.3, 0.4) is 0 Å². The molecule has 4 rings (SSSR count). The van der Waals surface area contributed by atoms with Gasteiger partial charge in [-0.15, -0.1) is 0 Å². The molecule has 2 heterocycles. The summed E-state index contributed by atoms with van der Waals surface area (Å²) in [6, 6.07) is 7.45. The van der Waals surface area contributed by atoms with Crippen LogP contribution >= 0.6 is 11.3 Å². The highest BCUT2D eigenvalue weighted by molar-refractivity contribution is 7.92. The summed E-state index contributed by atoms with van der Waals surface area (Å²) < 4.78 is 39.7. The van der Waals surface area contributed by atoms with E-state index in [-0.39, 0.29) is 10.6 Å². The van der Waals surface area contributed by atoms with Crippen molar-refractivity contribution in [3.05, 3.63) is 41.7 Å². The molecule has 0 unspecified atom stereocenters. The zero-order valence-electron chi connectivity index (χ0n) is 19.8. The van der Waals surface area contributed by atoms with Gasteiger partial charge in [0.05, 0.1) is 35.9 Å². The lowest BCUT2D eigenvalue weighted by Gasteiger charge is -2.22. The molecule has 34 heavy (non-hydrogen) atoms. The average Bonchev–Trinajstić information content (AvgIpc) is 3.19. The summed E-state index contributed by atoms with van der Waals surface area (Å²) >= 11 is 1.56. The standard InChI is InChI=1S/C24H30N4O4S2/c1-15-10-11-17(23-16(2)26-24(33-23)27-18-8-6-5-7-9-18)12-21(15)34(29,30)28-19-14-25-22(32-4)13-20(19)31-3/h10-14,18,28H,5-9H2,1-4H3,(H,26,27). The highest BCUT2D eigenvalue weighted by Crippen LogP contribution is 2.36. The second-order valence-corrected chi connectivity index (χ2v) is 11.1. The number of aryl methyl sites for hydroxylation is 2. The Labute approximate surface area is 204 Å². The number of sulfonamides is 1. The van der Waals surface area contributed by atoms with Crippen LogP contribution in [-0.4, -0.2) is 38.6 Å². The molecule has 1 fully saturated rings. The zero-order valence-corrected chi connectivity index (χ0v) is 21.5. The molecule has 3 aromatic rings. The van der Waals surface area contributed by atoms with Crippen molar-refractivity contribution in [2.45, 2.75) is 56.9 Å². The highest BCUT2D eigenvalue weighted by Gasteiger charge is 2.22. The lowest BCUT2D eigenvalue weighted by Crippen LogP contribution is -2.21. The van der Waals surface area contributed by atoms with E-state index in [1.165, 1.54) is 45.7 Å². The molecule has 10 heteroatoms. The van der Waals surface area contributed by atoms with E-state index in [1.807, 2.05) is 19.1 Å². The van der Waals surface area contributed by atoms with Gasteiger partial charge in [0, 0.05) is 12.1 Å². The largest absolute Gasteiger partial charge is 0.494 e. The molecule has 0 radical (unpaired) electrons. The van der Waals surface area contributed by atoms with Crippen molar-refractivity contribution < 1.29 is 17.9 Å². The first-order chi connectivity index (χ1) is 16.3. The Kier molecular flexibility index (Phi) is 7.27. The Hall–Kier alpha value is -2.85. The number of benzene rings is 1. The minimum absolute atomic E-state index is 0.192. The summed E-state index contributed by atoms with van der Waals surface area (Å²) in [5.41, 5.74) is 2.57. The first-order valence-electron chi connectivity index (χ1n) is 11.3. The number of hydrogen-bond donors (Lipinski definition) is 2. The number of thiazole rings is 1. The second-order valence-electron chi connectivity index (χ2n) is 8.43. The van der Waals surface area contributed by atoms with Gasteiger partial charge in [-0.2, -0.15) is 0 Å². The highest BCUT2D eigenvalue weighted by atomic mass is 32.2. The van der Waals surface area contributed by atoms with E-state index < -0.39 is 10.0 Å². The number of anilines is 2. The van der Waals surface area contributed by atoms with Gasteiger partial charge < -0.3 is 14.8 Å². The maximum atomic E-state index is 13.3. The fourth-order valence-electron chi connectivity index (χ4n) is 4.15. The molecule has 0 bridgehead atoms. The molecule has 8 nitrogen and oxygen atoms in total. The summed E-state index contributed by atoms with van der Waals surface area (Å²) in [5.74, 6) is 0.650. The molecule has 0 aliphatic heterocycles. The Balaban J connectivity index is 1.62. The first-order valence-corrected chi connectivity index (χ1v) is 13.6. The Morgan fingerprint density at radius 2 is 1.82 bits per heavy atom. The molecular weight excluding hydrogens is 472 g/mol. The minimum atomic E-state index is -3.90.